The number of aliphatic hydroxyl groups is 1. The summed E-state index contributed by atoms with van der Waals surface area (Å²) in [6.45, 7) is 1.87. The maximum atomic E-state index is 13.5. The molecule has 6 heteroatoms. The maximum absolute atomic E-state index is 13.5. The molecule has 1 aromatic rings. The van der Waals surface area contributed by atoms with Crippen molar-refractivity contribution in [2.75, 3.05) is 6.54 Å². The Hall–Kier alpha value is -1.53. The fourth-order valence-electron chi connectivity index (χ4n) is 2.23. The summed E-state index contributed by atoms with van der Waals surface area (Å²) in [5, 5.41) is 14.7. The van der Waals surface area contributed by atoms with Crippen LogP contribution in [0.4, 0.5) is 8.78 Å². The minimum atomic E-state index is -0.770. The van der Waals surface area contributed by atoms with Gasteiger partial charge in [0.15, 0.2) is 0 Å². The average Bonchev–Trinajstić information content (AvgIpc) is 2.75. The average molecular weight is 270 g/mol. The number of amides is 1. The van der Waals surface area contributed by atoms with Gasteiger partial charge in [-0.2, -0.15) is 0 Å². The fourth-order valence-corrected chi connectivity index (χ4v) is 2.23. The molecule has 1 aromatic carbocycles. The molecule has 0 aliphatic carbocycles. The fraction of sp³-hybridized carbons (Fsp3) is 0.462. The van der Waals surface area contributed by atoms with Crippen LogP contribution in [0, 0.1) is 11.6 Å². The van der Waals surface area contributed by atoms with Crippen molar-refractivity contribution in [3.8, 4) is 0 Å². The Balaban J connectivity index is 2.05. The van der Waals surface area contributed by atoms with Crippen LogP contribution in [0.5, 0.6) is 0 Å². The molecule has 1 fully saturated rings. The summed E-state index contributed by atoms with van der Waals surface area (Å²) >= 11 is 0. The molecule has 0 radical (unpaired) electrons. The van der Waals surface area contributed by atoms with E-state index >= 15 is 0 Å². The van der Waals surface area contributed by atoms with Crippen LogP contribution in [0.25, 0.3) is 0 Å². The summed E-state index contributed by atoms with van der Waals surface area (Å²) < 4.78 is 27.1. The van der Waals surface area contributed by atoms with Crippen molar-refractivity contribution in [2.45, 2.75) is 31.5 Å². The van der Waals surface area contributed by atoms with Crippen molar-refractivity contribution >= 4 is 5.91 Å². The molecule has 19 heavy (non-hydrogen) atoms. The number of carbonyl (C=O) groups is 1. The zero-order valence-electron chi connectivity index (χ0n) is 10.5. The summed E-state index contributed by atoms with van der Waals surface area (Å²) in [6.07, 6.45) is -0.255. The number of hydrogen-bond donors (Lipinski definition) is 3. The van der Waals surface area contributed by atoms with Gasteiger partial charge < -0.3 is 15.7 Å². The van der Waals surface area contributed by atoms with Gasteiger partial charge in [0.05, 0.1) is 18.2 Å². The van der Waals surface area contributed by atoms with Crippen LogP contribution in [0.1, 0.15) is 24.9 Å². The number of β-amino-alcohol motifs (C(OH)–C–C–N with tert-alkyl or cyclic N) is 1. The number of carbonyl (C=O) groups excluding carboxylic acids is 1. The topological polar surface area (TPSA) is 61.4 Å². The first kappa shape index (κ1) is 13.9. The molecule has 1 heterocycles. The molecular formula is C13H16F2N2O2. The summed E-state index contributed by atoms with van der Waals surface area (Å²) in [7, 11) is 0. The third kappa shape index (κ3) is 3.08. The smallest absolute Gasteiger partial charge is 0.237 e. The molecule has 1 saturated heterocycles. The standard InChI is InChI=1S/C13H16F2N2O2/c1-7(12-9(14)3-2-4-10(12)15)17-13(19)11-5-8(18)6-16-11/h2-4,7-8,11,16,18H,5-6H2,1H3,(H,17,19). The highest BCUT2D eigenvalue weighted by Crippen LogP contribution is 2.20. The van der Waals surface area contributed by atoms with Gasteiger partial charge in [0, 0.05) is 12.1 Å². The van der Waals surface area contributed by atoms with E-state index in [0.29, 0.717) is 13.0 Å². The molecule has 3 unspecified atom stereocenters. The lowest BCUT2D eigenvalue weighted by molar-refractivity contribution is -0.123. The lowest BCUT2D eigenvalue weighted by Crippen LogP contribution is -2.41. The molecular weight excluding hydrogens is 254 g/mol. The Morgan fingerprint density at radius 3 is 2.63 bits per heavy atom. The number of halogens is 2. The molecule has 2 rings (SSSR count). The van der Waals surface area contributed by atoms with E-state index in [-0.39, 0.29) is 11.5 Å². The first-order valence-corrected chi connectivity index (χ1v) is 6.14. The minimum Gasteiger partial charge on any atom is -0.392 e. The van der Waals surface area contributed by atoms with Gasteiger partial charge in [-0.25, -0.2) is 8.78 Å². The van der Waals surface area contributed by atoms with Gasteiger partial charge in [0.2, 0.25) is 5.91 Å². The van der Waals surface area contributed by atoms with Crippen LogP contribution in [-0.4, -0.2) is 29.7 Å². The van der Waals surface area contributed by atoms with Crippen molar-refractivity contribution in [1.82, 2.24) is 10.6 Å². The third-order valence-corrected chi connectivity index (χ3v) is 3.22. The van der Waals surface area contributed by atoms with Crippen LogP contribution < -0.4 is 10.6 Å². The number of nitrogens with one attached hydrogen (secondary N) is 2. The molecule has 1 amide bonds. The molecule has 4 nitrogen and oxygen atoms in total. The highest BCUT2D eigenvalue weighted by Gasteiger charge is 2.29. The van der Waals surface area contributed by atoms with Gasteiger partial charge >= 0.3 is 0 Å². The highest BCUT2D eigenvalue weighted by atomic mass is 19.1. The number of hydrogen-bond acceptors (Lipinski definition) is 3. The largest absolute Gasteiger partial charge is 0.392 e. The van der Waals surface area contributed by atoms with Crippen molar-refractivity contribution in [3.63, 3.8) is 0 Å². The van der Waals surface area contributed by atoms with Gasteiger partial charge in [-0.1, -0.05) is 6.07 Å². The minimum absolute atomic E-state index is 0.158. The predicted octanol–water partition coefficient (Wildman–Crippen LogP) is 0.865. The lowest BCUT2D eigenvalue weighted by atomic mass is 10.1. The van der Waals surface area contributed by atoms with E-state index < -0.39 is 29.8 Å². The zero-order valence-corrected chi connectivity index (χ0v) is 10.5. The van der Waals surface area contributed by atoms with Gasteiger partial charge in [-0.05, 0) is 25.5 Å². The number of benzene rings is 1. The second kappa shape index (κ2) is 5.63. The van der Waals surface area contributed by atoms with Crippen molar-refractivity contribution in [1.29, 1.82) is 0 Å². The number of rotatable bonds is 3. The lowest BCUT2D eigenvalue weighted by Gasteiger charge is -2.18. The van der Waals surface area contributed by atoms with E-state index in [4.69, 9.17) is 0 Å². The molecule has 1 aliphatic rings. The molecule has 104 valence electrons. The normalized spacial score (nSPS) is 24.2. The van der Waals surface area contributed by atoms with Crippen LogP contribution in [0.15, 0.2) is 18.2 Å². The summed E-state index contributed by atoms with van der Waals surface area (Å²) in [6, 6.07) is 2.29. The second-order valence-corrected chi connectivity index (χ2v) is 4.72. The van der Waals surface area contributed by atoms with Gasteiger partial charge in [-0.15, -0.1) is 0 Å². The van der Waals surface area contributed by atoms with Gasteiger partial charge in [-0.3, -0.25) is 4.79 Å². The molecule has 3 N–H and O–H groups in total. The van der Waals surface area contributed by atoms with Crippen LogP contribution >= 0.6 is 0 Å². The summed E-state index contributed by atoms with van der Waals surface area (Å²) in [5.41, 5.74) is -0.158. The van der Waals surface area contributed by atoms with E-state index in [2.05, 4.69) is 10.6 Å². The van der Waals surface area contributed by atoms with Crippen LogP contribution in [-0.2, 0) is 4.79 Å². The monoisotopic (exact) mass is 270 g/mol. The molecule has 3 atom stereocenters. The van der Waals surface area contributed by atoms with Crippen molar-refractivity contribution < 1.29 is 18.7 Å². The highest BCUT2D eigenvalue weighted by molar-refractivity contribution is 5.82. The van der Waals surface area contributed by atoms with E-state index in [0.717, 1.165) is 12.1 Å². The molecule has 0 spiro atoms. The Morgan fingerprint density at radius 1 is 1.47 bits per heavy atom. The van der Waals surface area contributed by atoms with E-state index in [1.807, 2.05) is 0 Å². The van der Waals surface area contributed by atoms with Gasteiger partial charge in [0.1, 0.15) is 11.6 Å². The van der Waals surface area contributed by atoms with Crippen molar-refractivity contribution in [2.24, 2.45) is 0 Å². The quantitative estimate of drug-likeness (QED) is 0.763. The predicted molar refractivity (Wildman–Crippen MR) is 65.3 cm³/mol. The Kier molecular flexibility index (Phi) is 4.11. The Bertz CT molecular complexity index is 461. The molecule has 0 saturated carbocycles. The Labute approximate surface area is 109 Å². The maximum Gasteiger partial charge on any atom is 0.237 e. The Morgan fingerprint density at radius 2 is 2.11 bits per heavy atom. The van der Waals surface area contributed by atoms with Crippen LogP contribution in [0.2, 0.25) is 0 Å². The third-order valence-electron chi connectivity index (χ3n) is 3.22. The molecule has 0 bridgehead atoms. The van der Waals surface area contributed by atoms with Gasteiger partial charge in [0.25, 0.3) is 0 Å². The van der Waals surface area contributed by atoms with E-state index in [1.165, 1.54) is 13.0 Å². The number of aliphatic hydroxyl groups excluding tert-OH is 1. The first-order valence-electron chi connectivity index (χ1n) is 6.14. The zero-order chi connectivity index (χ0) is 14.0. The van der Waals surface area contributed by atoms with Crippen LogP contribution in [0.3, 0.4) is 0 Å². The molecule has 0 aromatic heterocycles. The summed E-state index contributed by atoms with van der Waals surface area (Å²) in [5.74, 6) is -1.74. The van der Waals surface area contributed by atoms with Crippen molar-refractivity contribution in [3.05, 3.63) is 35.4 Å². The SMILES string of the molecule is CC(NC(=O)C1CC(O)CN1)c1c(F)cccc1F. The molecule has 1 aliphatic heterocycles. The van der Waals surface area contributed by atoms with E-state index in [1.54, 1.807) is 0 Å². The second-order valence-electron chi connectivity index (χ2n) is 4.72. The van der Waals surface area contributed by atoms with E-state index in [9.17, 15) is 18.7 Å². The first-order chi connectivity index (χ1) is 8.99. The summed E-state index contributed by atoms with van der Waals surface area (Å²) in [4.78, 5) is 11.9.